The molecule has 0 bridgehead atoms. The molecule has 1 aromatic heterocycles. The van der Waals surface area contributed by atoms with E-state index in [1.165, 1.54) is 5.56 Å². The van der Waals surface area contributed by atoms with E-state index in [-0.39, 0.29) is 0 Å². The zero-order valence-electron chi connectivity index (χ0n) is 11.2. The van der Waals surface area contributed by atoms with Gasteiger partial charge < -0.3 is 15.0 Å². The molecule has 1 unspecified atom stereocenters. The van der Waals surface area contributed by atoms with Gasteiger partial charge in [-0.1, -0.05) is 0 Å². The number of pyridine rings is 1. The van der Waals surface area contributed by atoms with E-state index in [2.05, 4.69) is 35.2 Å². The molecule has 1 aromatic rings. The second-order valence-corrected chi connectivity index (χ2v) is 4.23. The number of hydrogen-bond acceptors (Lipinski definition) is 4. The lowest BCUT2D eigenvalue weighted by Crippen LogP contribution is -2.21. The Hall–Kier alpha value is -1.13. The molecule has 0 amide bonds. The van der Waals surface area contributed by atoms with Crippen LogP contribution in [0.15, 0.2) is 18.3 Å². The van der Waals surface area contributed by atoms with Gasteiger partial charge in [0.15, 0.2) is 0 Å². The van der Waals surface area contributed by atoms with Crippen molar-refractivity contribution < 1.29 is 4.74 Å². The van der Waals surface area contributed by atoms with Crippen LogP contribution in [0.4, 0.5) is 5.82 Å². The average molecular weight is 237 g/mol. The standard InChI is InChI=1S/C13H23N3O/c1-11(14-2)12-6-7-15-13(10-12)16(3)8-5-9-17-4/h6-7,10-11,14H,5,8-9H2,1-4H3. The summed E-state index contributed by atoms with van der Waals surface area (Å²) in [5.74, 6) is 1.01. The normalized spacial score (nSPS) is 12.5. The third-order valence-electron chi connectivity index (χ3n) is 2.94. The first-order valence-corrected chi connectivity index (χ1v) is 6.02. The maximum absolute atomic E-state index is 5.05. The number of rotatable bonds is 7. The van der Waals surface area contributed by atoms with Crippen LogP contribution in [0.2, 0.25) is 0 Å². The molecule has 0 spiro atoms. The summed E-state index contributed by atoms with van der Waals surface area (Å²) in [5, 5.41) is 3.23. The van der Waals surface area contributed by atoms with Crippen LogP contribution in [-0.2, 0) is 4.74 Å². The van der Waals surface area contributed by atoms with Gasteiger partial charge in [0, 0.05) is 39.5 Å². The van der Waals surface area contributed by atoms with Gasteiger partial charge in [0.2, 0.25) is 0 Å². The lowest BCUT2D eigenvalue weighted by Gasteiger charge is -2.19. The van der Waals surface area contributed by atoms with Gasteiger partial charge in [0.1, 0.15) is 5.82 Å². The zero-order valence-corrected chi connectivity index (χ0v) is 11.2. The van der Waals surface area contributed by atoms with Gasteiger partial charge in [0.05, 0.1) is 0 Å². The van der Waals surface area contributed by atoms with Crippen LogP contribution in [-0.4, -0.2) is 39.3 Å². The van der Waals surface area contributed by atoms with Crippen LogP contribution < -0.4 is 10.2 Å². The highest BCUT2D eigenvalue weighted by Crippen LogP contribution is 2.16. The summed E-state index contributed by atoms with van der Waals surface area (Å²) >= 11 is 0. The molecule has 4 nitrogen and oxygen atoms in total. The van der Waals surface area contributed by atoms with E-state index < -0.39 is 0 Å². The number of anilines is 1. The Balaban J connectivity index is 2.63. The van der Waals surface area contributed by atoms with Crippen molar-refractivity contribution in [1.29, 1.82) is 0 Å². The molecule has 1 N–H and O–H groups in total. The van der Waals surface area contributed by atoms with Crippen molar-refractivity contribution in [1.82, 2.24) is 10.3 Å². The molecule has 0 fully saturated rings. The molecule has 17 heavy (non-hydrogen) atoms. The summed E-state index contributed by atoms with van der Waals surface area (Å²) in [4.78, 5) is 6.55. The monoisotopic (exact) mass is 237 g/mol. The fourth-order valence-electron chi connectivity index (χ4n) is 1.64. The van der Waals surface area contributed by atoms with Gasteiger partial charge in [-0.05, 0) is 38.1 Å². The van der Waals surface area contributed by atoms with E-state index in [0.717, 1.165) is 25.4 Å². The quantitative estimate of drug-likeness (QED) is 0.734. The summed E-state index contributed by atoms with van der Waals surface area (Å²) in [7, 11) is 5.76. The minimum absolute atomic E-state index is 0.351. The molecular formula is C13H23N3O. The summed E-state index contributed by atoms with van der Waals surface area (Å²) in [6, 6.07) is 4.53. The average Bonchev–Trinajstić information content (AvgIpc) is 2.38. The van der Waals surface area contributed by atoms with Crippen molar-refractivity contribution in [2.75, 3.05) is 39.3 Å². The second kappa shape index (κ2) is 7.25. The Morgan fingerprint density at radius 1 is 1.53 bits per heavy atom. The molecule has 0 aliphatic carbocycles. The summed E-state index contributed by atoms with van der Waals surface area (Å²) in [6.45, 7) is 3.89. The van der Waals surface area contributed by atoms with Crippen LogP contribution in [0.5, 0.6) is 0 Å². The third kappa shape index (κ3) is 4.32. The molecule has 0 aliphatic heterocycles. The Labute approximate surface area is 104 Å². The Kier molecular flexibility index (Phi) is 5.94. The maximum atomic E-state index is 5.05. The molecule has 1 heterocycles. The van der Waals surface area contributed by atoms with E-state index in [4.69, 9.17) is 4.74 Å². The molecule has 1 atom stereocenters. The Morgan fingerprint density at radius 2 is 2.29 bits per heavy atom. The van der Waals surface area contributed by atoms with Crippen LogP contribution >= 0.6 is 0 Å². The second-order valence-electron chi connectivity index (χ2n) is 4.23. The highest BCUT2D eigenvalue weighted by atomic mass is 16.5. The van der Waals surface area contributed by atoms with E-state index in [0.29, 0.717) is 6.04 Å². The van der Waals surface area contributed by atoms with Gasteiger partial charge in [0.25, 0.3) is 0 Å². The SMILES string of the molecule is CNC(C)c1ccnc(N(C)CCCOC)c1. The van der Waals surface area contributed by atoms with Crippen molar-refractivity contribution in [2.45, 2.75) is 19.4 Å². The fourth-order valence-corrected chi connectivity index (χ4v) is 1.64. The number of aromatic nitrogens is 1. The van der Waals surface area contributed by atoms with Crippen LogP contribution in [0.1, 0.15) is 24.9 Å². The maximum Gasteiger partial charge on any atom is 0.128 e. The van der Waals surface area contributed by atoms with Crippen molar-refractivity contribution in [3.05, 3.63) is 23.9 Å². The first-order chi connectivity index (χ1) is 8.19. The molecule has 96 valence electrons. The number of hydrogen-bond donors (Lipinski definition) is 1. The van der Waals surface area contributed by atoms with E-state index in [1.807, 2.05) is 19.3 Å². The van der Waals surface area contributed by atoms with E-state index >= 15 is 0 Å². The smallest absolute Gasteiger partial charge is 0.128 e. The molecule has 0 aromatic carbocycles. The number of ether oxygens (including phenoxy) is 1. The number of methoxy groups -OCH3 is 1. The topological polar surface area (TPSA) is 37.4 Å². The Bertz CT molecular complexity index is 330. The molecule has 0 aliphatic rings. The molecule has 0 saturated heterocycles. The van der Waals surface area contributed by atoms with Crippen molar-refractivity contribution in [3.63, 3.8) is 0 Å². The lowest BCUT2D eigenvalue weighted by molar-refractivity contribution is 0.196. The van der Waals surface area contributed by atoms with Gasteiger partial charge in [-0.15, -0.1) is 0 Å². The highest BCUT2D eigenvalue weighted by molar-refractivity contribution is 5.40. The zero-order chi connectivity index (χ0) is 12.7. The van der Waals surface area contributed by atoms with Crippen molar-refractivity contribution in [3.8, 4) is 0 Å². The van der Waals surface area contributed by atoms with Gasteiger partial charge in [-0.3, -0.25) is 0 Å². The van der Waals surface area contributed by atoms with Crippen LogP contribution in [0.25, 0.3) is 0 Å². The summed E-state index contributed by atoms with van der Waals surface area (Å²) in [5.41, 5.74) is 1.26. The predicted molar refractivity (Wildman–Crippen MR) is 71.5 cm³/mol. The van der Waals surface area contributed by atoms with Crippen molar-refractivity contribution >= 4 is 5.82 Å². The van der Waals surface area contributed by atoms with Gasteiger partial charge in [-0.2, -0.15) is 0 Å². The number of nitrogens with one attached hydrogen (secondary N) is 1. The largest absolute Gasteiger partial charge is 0.385 e. The number of nitrogens with zero attached hydrogens (tertiary/aromatic N) is 2. The van der Waals surface area contributed by atoms with Crippen LogP contribution in [0.3, 0.4) is 0 Å². The Morgan fingerprint density at radius 3 is 2.94 bits per heavy atom. The highest BCUT2D eigenvalue weighted by Gasteiger charge is 2.06. The minimum atomic E-state index is 0.351. The molecule has 0 radical (unpaired) electrons. The summed E-state index contributed by atoms with van der Waals surface area (Å²) in [6.07, 6.45) is 2.88. The van der Waals surface area contributed by atoms with E-state index in [1.54, 1.807) is 7.11 Å². The predicted octanol–water partition coefficient (Wildman–Crippen LogP) is 1.83. The van der Waals surface area contributed by atoms with Gasteiger partial charge >= 0.3 is 0 Å². The lowest BCUT2D eigenvalue weighted by atomic mass is 10.1. The fraction of sp³-hybridized carbons (Fsp3) is 0.615. The molecular weight excluding hydrogens is 214 g/mol. The molecule has 1 rings (SSSR count). The van der Waals surface area contributed by atoms with Crippen LogP contribution in [0, 0.1) is 0 Å². The van der Waals surface area contributed by atoms with Crippen molar-refractivity contribution in [2.24, 2.45) is 0 Å². The molecule has 4 heteroatoms. The summed E-state index contributed by atoms with van der Waals surface area (Å²) < 4.78 is 5.05. The first kappa shape index (κ1) is 13.9. The van der Waals surface area contributed by atoms with E-state index in [9.17, 15) is 0 Å². The third-order valence-corrected chi connectivity index (χ3v) is 2.94. The van der Waals surface area contributed by atoms with Gasteiger partial charge in [-0.25, -0.2) is 4.98 Å². The molecule has 0 saturated carbocycles. The first-order valence-electron chi connectivity index (χ1n) is 6.02. The minimum Gasteiger partial charge on any atom is -0.385 e.